The summed E-state index contributed by atoms with van der Waals surface area (Å²) >= 11 is 6.55. The molecule has 0 saturated carbocycles. The minimum absolute atomic E-state index is 0.301. The Morgan fingerprint density at radius 2 is 1.93 bits per heavy atom. The zero-order valence-corrected chi connectivity index (χ0v) is 18.5. The lowest BCUT2D eigenvalue weighted by Gasteiger charge is -2.22. The molecule has 6 nitrogen and oxygen atoms in total. The Kier molecular flexibility index (Phi) is 7.12. The molecule has 0 radical (unpaired) electrons. The smallest absolute Gasteiger partial charge is 0.266 e. The van der Waals surface area contributed by atoms with Crippen LogP contribution in [0, 0.1) is 0 Å². The van der Waals surface area contributed by atoms with Crippen LogP contribution >= 0.6 is 24.0 Å². The lowest BCUT2D eigenvalue weighted by Crippen LogP contribution is -2.44. The molecule has 2 aromatic carbocycles. The monoisotopic (exact) mass is 442 g/mol. The van der Waals surface area contributed by atoms with E-state index in [1.54, 1.807) is 44.4 Å². The maximum absolute atomic E-state index is 12.9. The molecule has 1 fully saturated rings. The van der Waals surface area contributed by atoms with E-state index in [-0.39, 0.29) is 11.8 Å². The van der Waals surface area contributed by atoms with Crippen LogP contribution in [0.25, 0.3) is 6.08 Å². The van der Waals surface area contributed by atoms with Crippen LogP contribution in [-0.2, 0) is 9.59 Å². The van der Waals surface area contributed by atoms with Crippen molar-refractivity contribution in [2.45, 2.75) is 19.9 Å². The van der Waals surface area contributed by atoms with Crippen LogP contribution in [0.5, 0.6) is 11.5 Å². The maximum Gasteiger partial charge on any atom is 0.266 e. The fourth-order valence-electron chi connectivity index (χ4n) is 2.91. The van der Waals surface area contributed by atoms with Crippen molar-refractivity contribution < 1.29 is 19.1 Å². The van der Waals surface area contributed by atoms with Crippen molar-refractivity contribution in [2.75, 3.05) is 19.0 Å². The van der Waals surface area contributed by atoms with Gasteiger partial charge >= 0.3 is 0 Å². The van der Waals surface area contributed by atoms with Gasteiger partial charge in [-0.05, 0) is 50.3 Å². The highest BCUT2D eigenvalue weighted by Gasteiger charge is 2.38. The maximum atomic E-state index is 12.9. The Morgan fingerprint density at radius 3 is 2.60 bits per heavy atom. The van der Waals surface area contributed by atoms with Gasteiger partial charge in [0.25, 0.3) is 5.91 Å². The summed E-state index contributed by atoms with van der Waals surface area (Å²) in [5.74, 6) is 0.755. The second-order valence-electron chi connectivity index (χ2n) is 6.42. The molecule has 2 amide bonds. The van der Waals surface area contributed by atoms with E-state index in [9.17, 15) is 9.59 Å². The summed E-state index contributed by atoms with van der Waals surface area (Å²) in [7, 11) is 1.57. The number of rotatable bonds is 7. The zero-order chi connectivity index (χ0) is 21.7. The number of thiocarbonyl (C=S) groups is 1. The van der Waals surface area contributed by atoms with Gasteiger partial charge in [0.05, 0.1) is 18.6 Å². The number of thioether (sulfide) groups is 1. The number of nitrogens with one attached hydrogen (secondary N) is 1. The van der Waals surface area contributed by atoms with Crippen molar-refractivity contribution in [2.24, 2.45) is 0 Å². The van der Waals surface area contributed by atoms with Gasteiger partial charge in [-0.25, -0.2) is 0 Å². The van der Waals surface area contributed by atoms with Gasteiger partial charge in [-0.2, -0.15) is 0 Å². The van der Waals surface area contributed by atoms with E-state index >= 15 is 0 Å². The van der Waals surface area contributed by atoms with Gasteiger partial charge in [-0.1, -0.05) is 42.2 Å². The normalized spacial score (nSPS) is 16.0. The predicted molar refractivity (Wildman–Crippen MR) is 124 cm³/mol. The number of nitrogens with zero attached hydrogens (tertiary/aromatic N) is 1. The zero-order valence-electron chi connectivity index (χ0n) is 16.9. The summed E-state index contributed by atoms with van der Waals surface area (Å²) < 4.78 is 11.1. The Hall–Kier alpha value is -2.84. The molecule has 1 aliphatic heterocycles. The average Bonchev–Trinajstić information content (AvgIpc) is 3.02. The topological polar surface area (TPSA) is 67.9 Å². The van der Waals surface area contributed by atoms with E-state index in [1.807, 2.05) is 31.2 Å². The summed E-state index contributed by atoms with van der Waals surface area (Å²) in [6.07, 6.45) is 1.73. The van der Waals surface area contributed by atoms with Crippen molar-refractivity contribution in [1.29, 1.82) is 0 Å². The fourth-order valence-corrected chi connectivity index (χ4v) is 4.32. The van der Waals surface area contributed by atoms with Crippen LogP contribution in [0.2, 0.25) is 0 Å². The Morgan fingerprint density at radius 1 is 1.23 bits per heavy atom. The first-order valence-electron chi connectivity index (χ1n) is 9.38. The third kappa shape index (κ3) is 4.83. The van der Waals surface area contributed by atoms with Crippen LogP contribution < -0.4 is 14.8 Å². The molecule has 3 rings (SSSR count). The number of amides is 2. The van der Waals surface area contributed by atoms with Crippen molar-refractivity contribution in [3.05, 3.63) is 59.0 Å². The van der Waals surface area contributed by atoms with Crippen LogP contribution in [0.4, 0.5) is 5.69 Å². The number of hydrogen-bond acceptors (Lipinski definition) is 6. The van der Waals surface area contributed by atoms with Crippen LogP contribution in [-0.4, -0.2) is 40.8 Å². The third-order valence-corrected chi connectivity index (χ3v) is 5.78. The summed E-state index contributed by atoms with van der Waals surface area (Å²) in [6.45, 7) is 4.13. The molecule has 0 spiro atoms. The van der Waals surface area contributed by atoms with Crippen LogP contribution in [0.15, 0.2) is 53.4 Å². The van der Waals surface area contributed by atoms with Crippen molar-refractivity contribution in [3.63, 3.8) is 0 Å². The molecule has 0 aromatic heterocycles. The number of ether oxygens (including phenoxy) is 2. The van der Waals surface area contributed by atoms with Gasteiger partial charge in [0, 0.05) is 11.3 Å². The Balaban J connectivity index is 1.73. The molecule has 156 valence electrons. The van der Waals surface area contributed by atoms with E-state index in [2.05, 4.69) is 5.32 Å². The molecule has 0 aliphatic carbocycles. The molecule has 1 atom stereocenters. The predicted octanol–water partition coefficient (Wildman–Crippen LogP) is 4.32. The highest BCUT2D eigenvalue weighted by Crippen LogP contribution is 2.35. The molecule has 1 aliphatic rings. The lowest BCUT2D eigenvalue weighted by molar-refractivity contribution is -0.129. The molecule has 1 N–H and O–H groups in total. The highest BCUT2D eigenvalue weighted by atomic mass is 32.2. The Labute approximate surface area is 185 Å². The summed E-state index contributed by atoms with van der Waals surface area (Å²) in [6, 6.07) is 13.7. The van der Waals surface area contributed by atoms with Crippen molar-refractivity contribution in [3.8, 4) is 11.5 Å². The number of benzene rings is 2. The minimum atomic E-state index is -0.757. The fraction of sp³-hybridized carbons (Fsp3) is 0.227. The van der Waals surface area contributed by atoms with E-state index in [0.29, 0.717) is 27.3 Å². The van der Waals surface area contributed by atoms with E-state index in [1.165, 1.54) is 16.7 Å². The van der Waals surface area contributed by atoms with Crippen molar-refractivity contribution in [1.82, 2.24) is 4.90 Å². The first-order chi connectivity index (χ1) is 14.4. The van der Waals surface area contributed by atoms with E-state index < -0.39 is 6.04 Å². The molecule has 8 heteroatoms. The SMILES string of the molecule is CCOc1ccc(NC(=O)C(C)N2C(=O)/C(=C/c3ccccc3OC)SC2=S)cc1. The van der Waals surface area contributed by atoms with Crippen molar-refractivity contribution >= 4 is 51.9 Å². The molecular formula is C22H22N2O4S2. The molecule has 0 bridgehead atoms. The number of hydrogen-bond donors (Lipinski definition) is 1. The average molecular weight is 443 g/mol. The number of methoxy groups -OCH3 is 1. The number of carbonyl (C=O) groups is 2. The van der Waals surface area contributed by atoms with Gasteiger partial charge in [-0.3, -0.25) is 14.5 Å². The molecule has 1 saturated heterocycles. The molecule has 1 heterocycles. The second kappa shape index (κ2) is 9.77. The first kappa shape index (κ1) is 21.9. The number of para-hydroxylation sites is 1. The molecule has 1 unspecified atom stereocenters. The molecule has 30 heavy (non-hydrogen) atoms. The number of carbonyl (C=O) groups excluding carboxylic acids is 2. The summed E-state index contributed by atoms with van der Waals surface area (Å²) in [5, 5.41) is 2.82. The third-order valence-electron chi connectivity index (χ3n) is 4.45. The summed E-state index contributed by atoms with van der Waals surface area (Å²) in [4.78, 5) is 27.5. The van der Waals surface area contributed by atoms with Gasteiger partial charge < -0.3 is 14.8 Å². The largest absolute Gasteiger partial charge is 0.496 e. The quantitative estimate of drug-likeness (QED) is 0.509. The number of anilines is 1. The summed E-state index contributed by atoms with van der Waals surface area (Å²) in [5.41, 5.74) is 1.39. The Bertz CT molecular complexity index is 989. The van der Waals surface area contributed by atoms with E-state index in [0.717, 1.165) is 11.3 Å². The molecule has 2 aromatic rings. The second-order valence-corrected chi connectivity index (χ2v) is 8.09. The standard InChI is InChI=1S/C22H22N2O4S2/c1-4-28-17-11-9-16(10-12-17)23-20(25)14(2)24-21(26)19(30-22(24)29)13-15-7-5-6-8-18(15)27-3/h5-14H,4H2,1-3H3,(H,23,25)/b19-13-. The minimum Gasteiger partial charge on any atom is -0.496 e. The van der Waals surface area contributed by atoms with Crippen LogP contribution in [0.1, 0.15) is 19.4 Å². The molecular weight excluding hydrogens is 420 g/mol. The van der Waals surface area contributed by atoms with Gasteiger partial charge in [0.1, 0.15) is 21.9 Å². The van der Waals surface area contributed by atoms with Gasteiger partial charge in [-0.15, -0.1) is 0 Å². The first-order valence-corrected chi connectivity index (χ1v) is 10.6. The lowest BCUT2D eigenvalue weighted by atomic mass is 10.1. The highest BCUT2D eigenvalue weighted by molar-refractivity contribution is 8.26. The van der Waals surface area contributed by atoms with E-state index in [4.69, 9.17) is 21.7 Å². The van der Waals surface area contributed by atoms with Crippen LogP contribution in [0.3, 0.4) is 0 Å². The van der Waals surface area contributed by atoms with Gasteiger partial charge in [0.15, 0.2) is 0 Å². The van der Waals surface area contributed by atoms with Gasteiger partial charge in [0.2, 0.25) is 5.91 Å².